The van der Waals surface area contributed by atoms with E-state index in [1.165, 1.54) is 6.07 Å². The van der Waals surface area contributed by atoms with E-state index in [-0.39, 0.29) is 18.1 Å². The highest BCUT2D eigenvalue weighted by Gasteiger charge is 2.23. The molecule has 1 fully saturated rings. The predicted molar refractivity (Wildman–Crippen MR) is 68.6 cm³/mol. The summed E-state index contributed by atoms with van der Waals surface area (Å²) in [5, 5.41) is 2.44. The smallest absolute Gasteiger partial charge is 0.238 e. The summed E-state index contributed by atoms with van der Waals surface area (Å²) in [7, 11) is 0. The zero-order valence-corrected chi connectivity index (χ0v) is 10.5. The van der Waals surface area contributed by atoms with Crippen LogP contribution >= 0.6 is 0 Å². The van der Waals surface area contributed by atoms with E-state index in [2.05, 4.69) is 5.32 Å². The Morgan fingerprint density at radius 2 is 2.26 bits per heavy atom. The Bertz CT molecular complexity index is 467. The van der Waals surface area contributed by atoms with Crippen LogP contribution < -0.4 is 11.1 Å². The molecule has 104 valence electrons. The van der Waals surface area contributed by atoms with Crippen molar-refractivity contribution in [1.29, 1.82) is 0 Å². The van der Waals surface area contributed by atoms with Crippen LogP contribution in [-0.4, -0.2) is 37.0 Å². The van der Waals surface area contributed by atoms with Crippen molar-refractivity contribution >= 4 is 11.6 Å². The van der Waals surface area contributed by atoms with Crippen molar-refractivity contribution in [2.45, 2.75) is 6.42 Å². The quantitative estimate of drug-likeness (QED) is 0.863. The second kappa shape index (κ2) is 6.08. The van der Waals surface area contributed by atoms with Crippen LogP contribution in [0.15, 0.2) is 18.2 Å². The average molecular weight is 269 g/mol. The summed E-state index contributed by atoms with van der Waals surface area (Å²) in [5.41, 5.74) is 5.57. The van der Waals surface area contributed by atoms with Gasteiger partial charge in [-0.05, 0) is 37.6 Å². The lowest BCUT2D eigenvalue weighted by molar-refractivity contribution is -0.117. The molecular weight excluding hydrogens is 252 g/mol. The van der Waals surface area contributed by atoms with Crippen LogP contribution in [0.25, 0.3) is 0 Å². The molecule has 1 heterocycles. The van der Waals surface area contributed by atoms with Gasteiger partial charge in [0.05, 0.1) is 12.2 Å². The molecule has 0 aliphatic carbocycles. The van der Waals surface area contributed by atoms with Gasteiger partial charge in [0.2, 0.25) is 5.91 Å². The number of carbonyl (C=O) groups is 1. The Morgan fingerprint density at radius 1 is 1.47 bits per heavy atom. The molecule has 1 saturated heterocycles. The first-order valence-corrected chi connectivity index (χ1v) is 6.26. The van der Waals surface area contributed by atoms with E-state index in [0.29, 0.717) is 12.5 Å². The number of likely N-dealkylation sites (tertiary alicyclic amines) is 1. The molecule has 2 rings (SSSR count). The molecule has 1 unspecified atom stereocenters. The van der Waals surface area contributed by atoms with Crippen molar-refractivity contribution in [3.63, 3.8) is 0 Å². The fraction of sp³-hybridized carbons (Fsp3) is 0.462. The van der Waals surface area contributed by atoms with Crippen LogP contribution in [-0.2, 0) is 4.79 Å². The minimum Gasteiger partial charge on any atom is -0.330 e. The highest BCUT2D eigenvalue weighted by atomic mass is 19.1. The topological polar surface area (TPSA) is 58.4 Å². The Morgan fingerprint density at radius 3 is 2.89 bits per heavy atom. The van der Waals surface area contributed by atoms with Gasteiger partial charge in [-0.2, -0.15) is 0 Å². The van der Waals surface area contributed by atoms with Crippen LogP contribution in [0.1, 0.15) is 6.42 Å². The van der Waals surface area contributed by atoms with Gasteiger partial charge in [0.15, 0.2) is 0 Å². The van der Waals surface area contributed by atoms with Gasteiger partial charge in [-0.3, -0.25) is 9.69 Å². The van der Waals surface area contributed by atoms with Crippen LogP contribution in [0.3, 0.4) is 0 Å². The summed E-state index contributed by atoms with van der Waals surface area (Å²) in [6.45, 7) is 2.43. The van der Waals surface area contributed by atoms with Crippen molar-refractivity contribution in [3.8, 4) is 0 Å². The van der Waals surface area contributed by atoms with E-state index in [0.717, 1.165) is 31.6 Å². The van der Waals surface area contributed by atoms with Crippen LogP contribution in [0.5, 0.6) is 0 Å². The predicted octanol–water partition coefficient (Wildman–Crippen LogP) is 1.18. The molecule has 1 aromatic rings. The first-order chi connectivity index (χ1) is 9.08. The molecule has 1 amide bonds. The molecule has 1 atom stereocenters. The van der Waals surface area contributed by atoms with Gasteiger partial charge in [-0.1, -0.05) is 0 Å². The molecule has 1 aromatic carbocycles. The number of hydrogen-bond donors (Lipinski definition) is 2. The Balaban J connectivity index is 1.87. The number of hydrogen-bond acceptors (Lipinski definition) is 3. The molecule has 0 aromatic heterocycles. The maximum atomic E-state index is 13.4. The van der Waals surface area contributed by atoms with E-state index in [1.807, 2.05) is 4.90 Å². The van der Waals surface area contributed by atoms with E-state index >= 15 is 0 Å². The fourth-order valence-electron chi connectivity index (χ4n) is 2.23. The minimum atomic E-state index is -0.769. The number of rotatable bonds is 4. The second-order valence-electron chi connectivity index (χ2n) is 4.80. The largest absolute Gasteiger partial charge is 0.330 e. The Hall–Kier alpha value is -1.53. The number of nitrogens with zero attached hydrogens (tertiary/aromatic N) is 1. The van der Waals surface area contributed by atoms with E-state index in [9.17, 15) is 13.6 Å². The van der Waals surface area contributed by atoms with Gasteiger partial charge in [-0.15, -0.1) is 0 Å². The van der Waals surface area contributed by atoms with Crippen LogP contribution in [0.2, 0.25) is 0 Å². The van der Waals surface area contributed by atoms with Gasteiger partial charge in [0.1, 0.15) is 11.6 Å². The van der Waals surface area contributed by atoms with Crippen molar-refractivity contribution in [2.75, 3.05) is 31.5 Å². The number of halogens is 2. The maximum absolute atomic E-state index is 13.4. The molecule has 3 N–H and O–H groups in total. The number of carbonyl (C=O) groups excluding carboxylic acids is 1. The molecule has 4 nitrogen and oxygen atoms in total. The number of benzene rings is 1. The fourth-order valence-corrected chi connectivity index (χ4v) is 2.23. The Kier molecular flexibility index (Phi) is 4.44. The third-order valence-electron chi connectivity index (χ3n) is 3.28. The normalized spacial score (nSPS) is 19.6. The monoisotopic (exact) mass is 269 g/mol. The summed E-state index contributed by atoms with van der Waals surface area (Å²) < 4.78 is 26.1. The number of anilines is 1. The molecule has 1 aliphatic heterocycles. The standard InChI is InChI=1S/C13H17F2N3O/c14-10-1-2-12(11(15)5-10)17-13(19)8-18-4-3-9(6-16)7-18/h1-2,5,9H,3-4,6-8,16H2,(H,17,19). The summed E-state index contributed by atoms with van der Waals surface area (Å²) in [4.78, 5) is 13.7. The minimum absolute atomic E-state index is 0.000900. The van der Waals surface area contributed by atoms with Crippen LogP contribution in [0.4, 0.5) is 14.5 Å². The number of amides is 1. The number of nitrogens with two attached hydrogens (primary N) is 1. The highest BCUT2D eigenvalue weighted by Crippen LogP contribution is 2.16. The van der Waals surface area contributed by atoms with Crippen molar-refractivity contribution in [1.82, 2.24) is 4.90 Å². The lowest BCUT2D eigenvalue weighted by atomic mass is 10.1. The van der Waals surface area contributed by atoms with Gasteiger partial charge in [0, 0.05) is 12.6 Å². The van der Waals surface area contributed by atoms with Crippen molar-refractivity contribution in [3.05, 3.63) is 29.8 Å². The second-order valence-corrected chi connectivity index (χ2v) is 4.80. The highest BCUT2D eigenvalue weighted by molar-refractivity contribution is 5.92. The first kappa shape index (κ1) is 13.9. The maximum Gasteiger partial charge on any atom is 0.238 e. The third kappa shape index (κ3) is 3.71. The van der Waals surface area contributed by atoms with Gasteiger partial charge in [-0.25, -0.2) is 8.78 Å². The molecule has 0 radical (unpaired) electrons. The van der Waals surface area contributed by atoms with Crippen molar-refractivity contribution < 1.29 is 13.6 Å². The Labute approximate surface area is 110 Å². The average Bonchev–Trinajstić information content (AvgIpc) is 2.80. The van der Waals surface area contributed by atoms with Crippen molar-refractivity contribution in [2.24, 2.45) is 11.7 Å². The zero-order valence-electron chi connectivity index (χ0n) is 10.5. The number of nitrogens with one attached hydrogen (secondary N) is 1. The van der Waals surface area contributed by atoms with E-state index in [4.69, 9.17) is 5.73 Å². The molecule has 1 aliphatic rings. The summed E-state index contributed by atoms with van der Waals surface area (Å²) in [5.74, 6) is -1.31. The van der Waals surface area contributed by atoms with Gasteiger partial charge in [0.25, 0.3) is 0 Å². The van der Waals surface area contributed by atoms with E-state index in [1.54, 1.807) is 0 Å². The molecular formula is C13H17F2N3O. The molecule has 0 spiro atoms. The summed E-state index contributed by atoms with van der Waals surface area (Å²) >= 11 is 0. The van der Waals surface area contributed by atoms with Gasteiger partial charge >= 0.3 is 0 Å². The molecule has 0 saturated carbocycles. The lowest BCUT2D eigenvalue weighted by Gasteiger charge is -2.15. The van der Waals surface area contributed by atoms with E-state index < -0.39 is 11.6 Å². The summed E-state index contributed by atoms with van der Waals surface area (Å²) in [6, 6.07) is 3.07. The third-order valence-corrected chi connectivity index (χ3v) is 3.28. The molecule has 0 bridgehead atoms. The summed E-state index contributed by atoms with van der Waals surface area (Å²) in [6.07, 6.45) is 0.981. The van der Waals surface area contributed by atoms with Crippen LogP contribution in [0, 0.1) is 17.6 Å². The zero-order chi connectivity index (χ0) is 13.8. The van der Waals surface area contributed by atoms with Gasteiger partial charge < -0.3 is 11.1 Å². The lowest BCUT2D eigenvalue weighted by Crippen LogP contribution is -2.32. The molecule has 6 heteroatoms. The SMILES string of the molecule is NCC1CCN(CC(=O)Nc2ccc(F)cc2F)C1. The molecule has 19 heavy (non-hydrogen) atoms. The first-order valence-electron chi connectivity index (χ1n) is 6.26.